The van der Waals surface area contributed by atoms with Gasteiger partial charge in [-0.25, -0.2) is 0 Å². The van der Waals surface area contributed by atoms with Gasteiger partial charge in [-0.15, -0.1) is 0 Å². The minimum atomic E-state index is 0.289. The first-order valence-corrected chi connectivity index (χ1v) is 4.60. The first kappa shape index (κ1) is 10.9. The van der Waals surface area contributed by atoms with E-state index >= 15 is 0 Å². The molecule has 0 aliphatic carbocycles. The second kappa shape index (κ2) is 4.74. The summed E-state index contributed by atoms with van der Waals surface area (Å²) < 4.78 is 1.98. The number of hydrogen-bond donors (Lipinski definition) is 0. The summed E-state index contributed by atoms with van der Waals surface area (Å²) >= 11 is 2.43. The van der Waals surface area contributed by atoms with Crippen LogP contribution in [0, 0.1) is 5.41 Å². The number of hydrogen-bond acceptors (Lipinski definition) is 0. The van der Waals surface area contributed by atoms with Crippen LogP contribution in [-0.2, 0) is 17.0 Å². The van der Waals surface area contributed by atoms with E-state index in [1.54, 1.807) is 0 Å². The van der Waals surface area contributed by atoms with Crippen LogP contribution in [0.5, 0.6) is 0 Å². The van der Waals surface area contributed by atoms with Crippen LogP contribution in [0.2, 0.25) is 0 Å². The molecule has 0 radical (unpaired) electrons. The van der Waals surface area contributed by atoms with Crippen LogP contribution in [-0.4, -0.2) is 4.73 Å². The Morgan fingerprint density at radius 2 is 1.82 bits per heavy atom. The van der Waals surface area contributed by atoms with Crippen LogP contribution >= 0.6 is 0 Å². The molecular formula is C10H16V. The first-order valence-electron chi connectivity index (χ1n) is 3.79. The van der Waals surface area contributed by atoms with Crippen molar-refractivity contribution >= 4 is 4.73 Å². The third-order valence-electron chi connectivity index (χ3n) is 1.11. The Hall–Kier alpha value is -0.0656. The van der Waals surface area contributed by atoms with Crippen molar-refractivity contribution in [1.82, 2.24) is 0 Å². The Bertz CT molecular complexity index is 180. The molecule has 0 nitrogen and oxygen atoms in total. The summed E-state index contributed by atoms with van der Waals surface area (Å²) in [6.07, 6.45) is 6.42. The fourth-order valence-electron chi connectivity index (χ4n) is 0.926. The van der Waals surface area contributed by atoms with E-state index < -0.39 is 0 Å². The van der Waals surface area contributed by atoms with Gasteiger partial charge in [-0.05, 0) is 0 Å². The standard InChI is InChI=1S/C10H16.V/c1-6-7-9(2)8-10(3,4)5;/h1,6-8H,2-5H3;/b7-6-,9-8?;. The van der Waals surface area contributed by atoms with Crippen molar-refractivity contribution in [3.05, 3.63) is 23.8 Å². The Kier molecular flexibility index (Phi) is 4.71. The zero-order valence-electron chi connectivity index (χ0n) is 7.76. The summed E-state index contributed by atoms with van der Waals surface area (Å²) in [6.45, 7) is 8.74. The Morgan fingerprint density at radius 1 is 1.27 bits per heavy atom. The molecule has 0 aromatic carbocycles. The van der Waals surface area contributed by atoms with Gasteiger partial charge < -0.3 is 0 Å². The molecule has 0 unspecified atom stereocenters. The molecule has 0 heterocycles. The molecule has 1 heteroatoms. The maximum atomic E-state index is 2.43. The van der Waals surface area contributed by atoms with Crippen LogP contribution in [0.25, 0.3) is 0 Å². The summed E-state index contributed by atoms with van der Waals surface area (Å²) in [5.74, 6) is 0. The molecule has 0 bridgehead atoms. The fourth-order valence-corrected chi connectivity index (χ4v) is 1.06. The minimum absolute atomic E-state index is 0.289. The zero-order chi connectivity index (χ0) is 8.91. The quantitative estimate of drug-likeness (QED) is 0.583. The van der Waals surface area contributed by atoms with Gasteiger partial charge in [0.2, 0.25) is 0 Å². The Labute approximate surface area is 78.9 Å². The third-order valence-corrected chi connectivity index (χ3v) is 1.37. The van der Waals surface area contributed by atoms with E-state index in [-0.39, 0.29) is 5.41 Å². The molecule has 0 aliphatic heterocycles. The second-order valence-corrected chi connectivity index (χ2v) is 4.23. The van der Waals surface area contributed by atoms with E-state index in [1.807, 2.05) is 10.8 Å². The van der Waals surface area contributed by atoms with Crippen molar-refractivity contribution in [3.8, 4) is 0 Å². The van der Waals surface area contributed by atoms with Crippen LogP contribution in [0.4, 0.5) is 0 Å². The van der Waals surface area contributed by atoms with E-state index in [2.05, 4.69) is 56.8 Å². The zero-order valence-corrected chi connectivity index (χ0v) is 9.15. The van der Waals surface area contributed by atoms with E-state index in [4.69, 9.17) is 0 Å². The fraction of sp³-hybridized carbons (Fsp3) is 0.500. The van der Waals surface area contributed by atoms with Gasteiger partial charge >= 0.3 is 78.6 Å². The van der Waals surface area contributed by atoms with Crippen molar-refractivity contribution in [2.24, 2.45) is 5.41 Å². The van der Waals surface area contributed by atoms with Gasteiger partial charge in [-0.1, -0.05) is 0 Å². The van der Waals surface area contributed by atoms with Crippen molar-refractivity contribution < 1.29 is 17.0 Å². The number of rotatable bonds is 2. The molecule has 0 amide bonds. The van der Waals surface area contributed by atoms with Crippen molar-refractivity contribution in [3.63, 3.8) is 0 Å². The van der Waals surface area contributed by atoms with Gasteiger partial charge in [0.15, 0.2) is 0 Å². The summed E-state index contributed by atoms with van der Waals surface area (Å²) in [5.41, 5.74) is 1.61. The molecular weight excluding hydrogens is 171 g/mol. The normalized spacial score (nSPS) is 13.9. The van der Waals surface area contributed by atoms with E-state index in [1.165, 1.54) is 5.57 Å². The van der Waals surface area contributed by atoms with E-state index in [0.717, 1.165) is 0 Å². The van der Waals surface area contributed by atoms with Crippen LogP contribution in [0.15, 0.2) is 23.8 Å². The van der Waals surface area contributed by atoms with Crippen molar-refractivity contribution in [2.45, 2.75) is 27.7 Å². The molecule has 0 spiro atoms. The molecule has 0 atom stereocenters. The molecule has 0 aliphatic rings. The van der Waals surface area contributed by atoms with E-state index in [0.29, 0.717) is 0 Å². The molecule has 0 saturated carbocycles. The SMILES string of the molecule is CC(=CC(C)(C)C)/C=C\[CH]=[V]. The molecule has 0 fully saturated rings. The van der Waals surface area contributed by atoms with Crippen molar-refractivity contribution in [1.29, 1.82) is 0 Å². The molecule has 61 valence electrons. The predicted octanol–water partition coefficient (Wildman–Crippen LogP) is 2.88. The summed E-state index contributed by atoms with van der Waals surface area (Å²) in [6, 6.07) is 0. The molecule has 11 heavy (non-hydrogen) atoms. The van der Waals surface area contributed by atoms with Gasteiger partial charge in [-0.3, -0.25) is 0 Å². The summed E-state index contributed by atoms with van der Waals surface area (Å²) in [5, 5.41) is 0. The first-order chi connectivity index (χ1) is 4.95. The average Bonchev–Trinajstić information content (AvgIpc) is 1.79. The van der Waals surface area contributed by atoms with Crippen LogP contribution in [0.1, 0.15) is 27.7 Å². The van der Waals surface area contributed by atoms with Crippen LogP contribution in [0.3, 0.4) is 0 Å². The van der Waals surface area contributed by atoms with Gasteiger partial charge in [-0.2, -0.15) is 0 Å². The molecule has 0 aromatic rings. The summed E-state index contributed by atoms with van der Waals surface area (Å²) in [7, 11) is 0. The molecule has 0 N–H and O–H groups in total. The average molecular weight is 187 g/mol. The van der Waals surface area contributed by atoms with Crippen LogP contribution < -0.4 is 0 Å². The maximum absolute atomic E-state index is 2.43. The monoisotopic (exact) mass is 187 g/mol. The van der Waals surface area contributed by atoms with Gasteiger partial charge in [0.25, 0.3) is 0 Å². The molecule has 0 rings (SSSR count). The molecule has 0 saturated heterocycles. The van der Waals surface area contributed by atoms with Gasteiger partial charge in [0.1, 0.15) is 0 Å². The molecule has 0 aromatic heterocycles. The van der Waals surface area contributed by atoms with E-state index in [9.17, 15) is 0 Å². The third kappa shape index (κ3) is 7.84. The topological polar surface area (TPSA) is 0 Å². The summed E-state index contributed by atoms with van der Waals surface area (Å²) in [4.78, 5) is 0. The van der Waals surface area contributed by atoms with Crippen molar-refractivity contribution in [2.75, 3.05) is 0 Å². The van der Waals surface area contributed by atoms with Gasteiger partial charge in [0.05, 0.1) is 0 Å². The second-order valence-electron chi connectivity index (χ2n) is 3.76. The van der Waals surface area contributed by atoms with Gasteiger partial charge in [0, 0.05) is 0 Å². The Morgan fingerprint density at radius 3 is 2.18 bits per heavy atom. The Balaban J connectivity index is 4.22. The predicted molar refractivity (Wildman–Crippen MR) is 48.4 cm³/mol. The number of allylic oxidation sites excluding steroid dienone is 4.